The molecule has 0 spiro atoms. The van der Waals surface area contributed by atoms with Crippen LogP contribution < -0.4 is 21.3 Å². The molecular weight excluding hydrogens is 528 g/mol. The molecule has 210 valence electrons. The summed E-state index contributed by atoms with van der Waals surface area (Å²) in [6.07, 6.45) is -4.88. The van der Waals surface area contributed by atoms with E-state index in [1.54, 1.807) is 38.1 Å². The Kier molecular flexibility index (Phi) is 13.4. The summed E-state index contributed by atoms with van der Waals surface area (Å²) < 4.78 is 15.8. The minimum absolute atomic E-state index is 0.109. The van der Waals surface area contributed by atoms with E-state index in [9.17, 15) is 29.4 Å². The molecule has 2 rings (SSSR count). The Morgan fingerprint density at radius 3 is 2.13 bits per heavy atom. The fourth-order valence-electron chi connectivity index (χ4n) is 3.38. The third-order valence-electron chi connectivity index (χ3n) is 5.05. The van der Waals surface area contributed by atoms with Gasteiger partial charge in [0.1, 0.15) is 12.2 Å². The van der Waals surface area contributed by atoms with Crippen molar-refractivity contribution in [3.8, 4) is 0 Å². The van der Waals surface area contributed by atoms with Gasteiger partial charge in [-0.2, -0.15) is 0 Å². The van der Waals surface area contributed by atoms with Gasteiger partial charge in [0.05, 0.1) is 61.6 Å². The van der Waals surface area contributed by atoms with Gasteiger partial charge >= 0.3 is 11.9 Å². The van der Waals surface area contributed by atoms with Gasteiger partial charge in [-0.1, -0.05) is 29.8 Å². The first-order valence-corrected chi connectivity index (χ1v) is 11.6. The number of nitrogens with one attached hydrogen (secondary N) is 1. The molecule has 0 saturated carbocycles. The van der Waals surface area contributed by atoms with Crippen LogP contribution in [0, 0.1) is 0 Å². The molecular formula is C24H29ClN2O11-2. The number of allylic oxidation sites excluding steroid dienone is 1. The number of nitrogens with two attached hydrogens (primary N) is 1. The van der Waals surface area contributed by atoms with Gasteiger partial charge in [-0.25, -0.2) is 9.59 Å². The number of rotatable bonds is 11. The van der Waals surface area contributed by atoms with Crippen LogP contribution >= 0.6 is 11.6 Å². The number of ether oxygens (including phenoxy) is 3. The summed E-state index contributed by atoms with van der Waals surface area (Å²) in [6.45, 7) is 4.42. The van der Waals surface area contributed by atoms with E-state index in [4.69, 9.17) is 41.8 Å². The van der Waals surface area contributed by atoms with Crippen molar-refractivity contribution in [1.82, 2.24) is 5.32 Å². The van der Waals surface area contributed by atoms with Crippen LogP contribution in [0.2, 0.25) is 5.02 Å². The number of benzene rings is 1. The summed E-state index contributed by atoms with van der Waals surface area (Å²) in [5.74, 6) is -5.98. The summed E-state index contributed by atoms with van der Waals surface area (Å²) in [5, 5.41) is 39.3. The summed E-state index contributed by atoms with van der Waals surface area (Å²) in [4.78, 5) is 44.7. The van der Waals surface area contributed by atoms with Crippen LogP contribution in [0.25, 0.3) is 0 Å². The van der Waals surface area contributed by atoms with E-state index in [1.165, 1.54) is 7.11 Å². The number of esters is 2. The zero-order valence-electron chi connectivity index (χ0n) is 20.9. The van der Waals surface area contributed by atoms with Crippen LogP contribution in [0.5, 0.6) is 0 Å². The summed E-state index contributed by atoms with van der Waals surface area (Å²) in [6, 6.07) is 7.05. The Bertz CT molecular complexity index is 1070. The SMILES string of the molecule is CCOC(=O)C1=C(COCCN)NC(C)=C(C(=O)OC)C1c1ccccc1Cl.O=C([O-])C(O)C(O)C(=O)[O-]. The summed E-state index contributed by atoms with van der Waals surface area (Å²) in [5.41, 5.74) is 7.70. The highest BCUT2D eigenvalue weighted by molar-refractivity contribution is 6.31. The summed E-state index contributed by atoms with van der Waals surface area (Å²) >= 11 is 6.42. The normalized spacial score (nSPS) is 16.4. The van der Waals surface area contributed by atoms with E-state index in [0.717, 1.165) is 0 Å². The van der Waals surface area contributed by atoms with E-state index in [1.807, 2.05) is 0 Å². The van der Waals surface area contributed by atoms with Crippen molar-refractivity contribution in [2.45, 2.75) is 32.0 Å². The molecule has 1 aromatic carbocycles. The first-order valence-electron chi connectivity index (χ1n) is 11.2. The average Bonchev–Trinajstić information content (AvgIpc) is 2.87. The van der Waals surface area contributed by atoms with Crippen LogP contribution in [0.3, 0.4) is 0 Å². The van der Waals surface area contributed by atoms with E-state index in [0.29, 0.717) is 40.7 Å². The molecule has 0 radical (unpaired) electrons. The highest BCUT2D eigenvalue weighted by Gasteiger charge is 2.39. The minimum atomic E-state index is -2.44. The Hall–Kier alpha value is -3.49. The van der Waals surface area contributed by atoms with E-state index in [2.05, 4.69) is 5.32 Å². The van der Waals surface area contributed by atoms with Gasteiger partial charge in [0.15, 0.2) is 0 Å². The summed E-state index contributed by atoms with van der Waals surface area (Å²) in [7, 11) is 1.29. The number of carbonyl (C=O) groups excluding carboxylic acids is 4. The lowest BCUT2D eigenvalue weighted by Gasteiger charge is -2.31. The first-order chi connectivity index (χ1) is 17.9. The maximum absolute atomic E-state index is 12.9. The van der Waals surface area contributed by atoms with E-state index in [-0.39, 0.29) is 18.8 Å². The van der Waals surface area contributed by atoms with Crippen molar-refractivity contribution in [3.63, 3.8) is 0 Å². The van der Waals surface area contributed by atoms with Crippen molar-refractivity contribution < 1.29 is 53.8 Å². The Morgan fingerprint density at radius 2 is 1.66 bits per heavy atom. The van der Waals surface area contributed by atoms with Crippen molar-refractivity contribution >= 4 is 35.5 Å². The number of aliphatic hydroxyl groups is 2. The van der Waals surface area contributed by atoms with Crippen LogP contribution in [0.4, 0.5) is 0 Å². The standard InChI is InChI=1S/C20H25ClN2O5.C4H6O6/c1-4-28-20(25)18-15(11-27-10-9-22)23-12(2)16(19(24)26-3)17(18)13-7-5-6-8-14(13)21;5-1(3(7)8)2(6)4(9)10/h5-8,17,23H,4,9-11,22H2,1-3H3;1-2,5-6H,(H,7,8)(H,9,10)/p-2. The second-order valence-corrected chi connectivity index (χ2v) is 8.00. The fraction of sp³-hybridized carbons (Fsp3) is 0.417. The van der Waals surface area contributed by atoms with Gasteiger partial charge in [-0.05, 0) is 25.5 Å². The second-order valence-electron chi connectivity index (χ2n) is 7.59. The molecule has 14 heteroatoms. The second kappa shape index (κ2) is 15.7. The number of carboxylic acids is 2. The quantitative estimate of drug-likeness (QED) is 0.163. The molecule has 1 heterocycles. The molecule has 5 N–H and O–H groups in total. The van der Waals surface area contributed by atoms with Crippen LogP contribution in [0.15, 0.2) is 46.8 Å². The fourth-order valence-corrected chi connectivity index (χ4v) is 3.62. The van der Waals surface area contributed by atoms with Crippen molar-refractivity contribution in [2.75, 3.05) is 33.5 Å². The minimum Gasteiger partial charge on any atom is -0.547 e. The molecule has 3 atom stereocenters. The van der Waals surface area contributed by atoms with Crippen LogP contribution in [0.1, 0.15) is 25.3 Å². The lowest BCUT2D eigenvalue weighted by Crippen LogP contribution is -2.51. The van der Waals surface area contributed by atoms with Crippen LogP contribution in [-0.4, -0.2) is 79.8 Å². The molecule has 1 aliphatic heterocycles. The van der Waals surface area contributed by atoms with Crippen molar-refractivity contribution in [2.24, 2.45) is 5.73 Å². The number of halogens is 1. The van der Waals surface area contributed by atoms with Crippen molar-refractivity contribution in [3.05, 3.63) is 57.4 Å². The van der Waals surface area contributed by atoms with Crippen molar-refractivity contribution in [1.29, 1.82) is 0 Å². The maximum atomic E-state index is 12.9. The molecule has 0 aromatic heterocycles. The predicted octanol–water partition coefficient (Wildman–Crippen LogP) is -2.53. The lowest BCUT2D eigenvalue weighted by molar-refractivity contribution is -0.333. The molecule has 0 saturated heterocycles. The highest BCUT2D eigenvalue weighted by Crippen LogP contribution is 2.41. The van der Waals surface area contributed by atoms with Gasteiger partial charge in [0.25, 0.3) is 0 Å². The Morgan fingerprint density at radius 1 is 1.08 bits per heavy atom. The zero-order valence-corrected chi connectivity index (χ0v) is 21.6. The third kappa shape index (κ3) is 8.53. The number of hydrogen-bond donors (Lipinski definition) is 4. The molecule has 38 heavy (non-hydrogen) atoms. The first kappa shape index (κ1) is 32.5. The number of aliphatic carboxylic acids is 2. The smallest absolute Gasteiger partial charge is 0.336 e. The van der Waals surface area contributed by atoms with Gasteiger partial charge in [-0.3, -0.25) is 0 Å². The average molecular weight is 557 g/mol. The molecule has 0 amide bonds. The number of carboxylic acid groups (broad SMARTS) is 2. The third-order valence-corrected chi connectivity index (χ3v) is 5.40. The van der Waals surface area contributed by atoms with Gasteiger partial charge in [0, 0.05) is 17.3 Å². The predicted molar refractivity (Wildman–Crippen MR) is 128 cm³/mol. The van der Waals surface area contributed by atoms with Gasteiger partial charge < -0.3 is 55.3 Å². The highest BCUT2D eigenvalue weighted by atomic mass is 35.5. The number of methoxy groups -OCH3 is 1. The number of carbonyl (C=O) groups is 4. The maximum Gasteiger partial charge on any atom is 0.336 e. The number of aliphatic hydroxyl groups excluding tert-OH is 2. The Labute approximate surface area is 223 Å². The molecule has 13 nitrogen and oxygen atoms in total. The lowest BCUT2D eigenvalue weighted by atomic mass is 9.80. The molecule has 0 bridgehead atoms. The Balaban J connectivity index is 0.000000612. The largest absolute Gasteiger partial charge is 0.547 e. The monoisotopic (exact) mass is 556 g/mol. The molecule has 0 aliphatic carbocycles. The number of hydrogen-bond acceptors (Lipinski definition) is 13. The molecule has 1 aliphatic rings. The van der Waals surface area contributed by atoms with Gasteiger partial charge in [0.2, 0.25) is 0 Å². The number of dihydropyridines is 1. The molecule has 3 unspecified atom stereocenters. The van der Waals surface area contributed by atoms with E-state index < -0.39 is 42.0 Å². The van der Waals surface area contributed by atoms with Crippen LogP contribution in [-0.2, 0) is 33.4 Å². The van der Waals surface area contributed by atoms with Gasteiger partial charge in [-0.15, -0.1) is 0 Å². The topological polar surface area (TPSA) is 221 Å². The molecule has 0 fully saturated rings. The van der Waals surface area contributed by atoms with E-state index >= 15 is 0 Å². The zero-order chi connectivity index (χ0) is 29.0. The molecule has 1 aromatic rings.